The predicted molar refractivity (Wildman–Crippen MR) is 63.6 cm³/mol. The summed E-state index contributed by atoms with van der Waals surface area (Å²) in [5.74, 6) is 0.0282. The number of aryl methyl sites for hydroxylation is 1. The van der Waals surface area contributed by atoms with E-state index >= 15 is 0 Å². The third-order valence-electron chi connectivity index (χ3n) is 2.59. The Morgan fingerprint density at radius 3 is 2.75 bits per heavy atom. The van der Waals surface area contributed by atoms with E-state index in [4.69, 9.17) is 2.82 Å². The number of phenolic OH excluding ortho intramolecular Hbond substituents is 1. The highest BCUT2D eigenvalue weighted by molar-refractivity contribution is 6.00. The molecule has 0 heterocycles. The summed E-state index contributed by atoms with van der Waals surface area (Å²) in [5.41, 5.74) is 1.96. The maximum atomic E-state index is 10.0. The molecule has 0 atom stereocenters. The number of benzene rings is 2. The van der Waals surface area contributed by atoms with Gasteiger partial charge in [-0.05, 0) is 36.5 Å². The van der Waals surface area contributed by atoms with E-state index in [1.165, 1.54) is 0 Å². The third-order valence-corrected chi connectivity index (χ3v) is 2.59. The summed E-state index contributed by atoms with van der Waals surface area (Å²) in [6.07, 6.45) is 0. The normalized spacial score (nSPS) is 11.8. The van der Waals surface area contributed by atoms with Crippen molar-refractivity contribution in [3.8, 4) is 5.75 Å². The predicted octanol–water partition coefficient (Wildman–Crippen LogP) is 2.03. The van der Waals surface area contributed by atoms with Crippen LogP contribution in [0.15, 0.2) is 34.4 Å². The fraction of sp³-hybridized carbons (Fsp3) is 0.0833. The zero-order valence-corrected chi connectivity index (χ0v) is 8.81. The number of aliphatic imine (C=N–C) groups is 1. The molecule has 4 nitrogen and oxygen atoms in total. The van der Waals surface area contributed by atoms with Gasteiger partial charge in [0.25, 0.3) is 0 Å². The second-order valence-corrected chi connectivity index (χ2v) is 3.52. The third kappa shape index (κ3) is 1.35. The molecule has 4 heteroatoms. The summed E-state index contributed by atoms with van der Waals surface area (Å²) in [6, 6.07) is 6.90. The Labute approximate surface area is 95.7 Å². The largest absolute Gasteiger partial charge is 0.505 e. The summed E-state index contributed by atoms with van der Waals surface area (Å²) in [6.45, 7) is 5.22. The van der Waals surface area contributed by atoms with Crippen LogP contribution >= 0.6 is 0 Å². The maximum Gasteiger partial charge on any atom is 0.479 e. The zero-order valence-electron chi connectivity index (χ0n) is 10.8. The van der Waals surface area contributed by atoms with E-state index in [1.54, 1.807) is 24.3 Å². The molecule has 2 aromatic carbocycles. The van der Waals surface area contributed by atoms with Crippen LogP contribution in [-0.4, -0.2) is 11.8 Å². The number of nitrogens with zero attached hydrogens (tertiary/aromatic N) is 2. The molecule has 16 heavy (non-hydrogen) atoms. The van der Waals surface area contributed by atoms with Gasteiger partial charge >= 0.3 is 2.82 Å². The topological polar surface area (TPSA) is 70.5 Å². The molecule has 0 aliphatic carbocycles. The summed E-state index contributed by atoms with van der Waals surface area (Å²) in [7, 11) is 0. The zero-order chi connectivity index (χ0) is 13.3. The van der Waals surface area contributed by atoms with Crippen molar-refractivity contribution in [2.24, 2.45) is 10.1 Å². The molecule has 3 N–H and O–H groups in total. The lowest BCUT2D eigenvalue weighted by Crippen LogP contribution is -2.22. The van der Waals surface area contributed by atoms with Crippen molar-refractivity contribution < 1.29 is 13.4 Å². The minimum absolute atomic E-state index is 0.0282. The lowest BCUT2D eigenvalue weighted by Gasteiger charge is -2.06. The minimum atomic E-state index is 0.0282. The van der Waals surface area contributed by atoms with Crippen LogP contribution in [0.5, 0.6) is 5.75 Å². The average Bonchev–Trinajstić information content (AvgIpc) is 2.33. The molecule has 80 valence electrons. The first kappa shape index (κ1) is 7.98. The molecular weight excluding hydrogens is 202 g/mol. The van der Waals surface area contributed by atoms with Crippen molar-refractivity contribution >= 4 is 28.9 Å². The van der Waals surface area contributed by atoms with Gasteiger partial charge in [0, 0.05) is 10.8 Å². The van der Waals surface area contributed by atoms with Crippen LogP contribution in [-0.2, 0) is 0 Å². The van der Waals surface area contributed by atoms with Crippen LogP contribution < -0.4 is 5.52 Å². The Kier molecular flexibility index (Phi) is 1.86. The fourth-order valence-electron chi connectivity index (χ4n) is 1.73. The Morgan fingerprint density at radius 2 is 2.06 bits per heavy atom. The van der Waals surface area contributed by atoms with Crippen LogP contribution in [0.2, 0.25) is 2.82 Å². The van der Waals surface area contributed by atoms with Crippen LogP contribution in [0.4, 0.5) is 11.4 Å². The molecular formula is C12H12N3O+. The van der Waals surface area contributed by atoms with Gasteiger partial charge in [0.05, 0.1) is 0 Å². The van der Waals surface area contributed by atoms with Gasteiger partial charge < -0.3 is 5.11 Å². The first-order valence-electron chi connectivity index (χ1n) is 5.65. The highest BCUT2D eigenvalue weighted by atomic mass is 16.3. The second-order valence-electron chi connectivity index (χ2n) is 3.52. The highest BCUT2D eigenvalue weighted by Gasteiger charge is 2.11. The van der Waals surface area contributed by atoms with Gasteiger partial charge in [0.2, 0.25) is 0 Å². The molecule has 0 spiro atoms. The van der Waals surface area contributed by atoms with Gasteiger partial charge in [-0.1, -0.05) is 12.1 Å². The molecule has 0 bridgehead atoms. The van der Waals surface area contributed by atoms with E-state index in [9.17, 15) is 5.11 Å². The molecule has 0 radical (unpaired) electrons. The number of phenols is 1. The first-order chi connectivity index (χ1) is 8.54. The van der Waals surface area contributed by atoms with Crippen molar-refractivity contribution in [1.29, 1.82) is 0 Å². The first-order valence-corrected chi connectivity index (χ1v) is 4.76. The number of rotatable bonds is 2. The van der Waals surface area contributed by atoms with Crippen molar-refractivity contribution in [2.75, 3.05) is 0 Å². The molecule has 0 saturated heterocycles. The van der Waals surface area contributed by atoms with E-state index in [0.717, 1.165) is 5.56 Å². The van der Waals surface area contributed by atoms with Gasteiger partial charge in [0.15, 0.2) is 0 Å². The van der Waals surface area contributed by atoms with Crippen molar-refractivity contribution in [1.82, 2.24) is 0 Å². The van der Waals surface area contributed by atoms with Crippen molar-refractivity contribution in [2.45, 2.75) is 6.92 Å². The summed E-state index contributed by atoms with van der Waals surface area (Å²) in [5, 5.41) is 15.1. The number of hydrogen-bond acceptors (Lipinski definition) is 3. The molecule has 0 unspecified atom stereocenters. The monoisotopic (exact) mass is 216 g/mol. The summed E-state index contributed by atoms with van der Waals surface area (Å²) < 4.78 is 14.1. The van der Waals surface area contributed by atoms with Gasteiger partial charge in [0.1, 0.15) is 17.1 Å². The smallest absolute Gasteiger partial charge is 0.479 e. The van der Waals surface area contributed by atoms with Gasteiger partial charge in [-0.2, -0.15) is 5.52 Å². The van der Waals surface area contributed by atoms with E-state index in [2.05, 4.69) is 16.8 Å². The SMILES string of the molecule is [2H][N+]([2H])=Nc1c(C)ccc2c(O)c(N=C)ccc12. The molecule has 0 amide bonds. The quantitative estimate of drug-likeness (QED) is 0.585. The Bertz CT molecular complexity index is 664. The van der Waals surface area contributed by atoms with E-state index in [1.807, 2.05) is 6.92 Å². The molecule has 0 aromatic heterocycles. The van der Waals surface area contributed by atoms with Gasteiger partial charge in [-0.3, -0.25) is 4.99 Å². The Hall–Kier alpha value is -2.23. The van der Waals surface area contributed by atoms with Gasteiger partial charge in [-0.15, -0.1) is 0 Å². The average molecular weight is 216 g/mol. The lowest BCUT2D eigenvalue weighted by molar-refractivity contribution is -0.210. The molecule has 0 aliphatic heterocycles. The molecule has 0 saturated carbocycles. The second kappa shape index (κ2) is 3.73. The molecule has 0 fully saturated rings. The molecule has 2 rings (SSSR count). The van der Waals surface area contributed by atoms with Crippen molar-refractivity contribution in [3.63, 3.8) is 0 Å². The number of aromatic hydroxyl groups is 1. The standard InChI is InChI=1S/C12H11N3O/c1-7-3-4-9-8(11(7)15-13)5-6-10(14-2)12(9)16/h3-6,13,16H,2H2,1H3/p+1/i/hD2. The van der Waals surface area contributed by atoms with Crippen molar-refractivity contribution in [3.05, 3.63) is 29.8 Å². The Morgan fingerprint density at radius 1 is 1.31 bits per heavy atom. The number of fused-ring (bicyclic) bond motifs is 1. The van der Waals surface area contributed by atoms with E-state index in [-0.39, 0.29) is 11.3 Å². The minimum Gasteiger partial charge on any atom is -0.505 e. The molecule has 0 aliphatic rings. The van der Waals surface area contributed by atoms with Crippen LogP contribution in [0.25, 0.3) is 10.8 Å². The van der Waals surface area contributed by atoms with Gasteiger partial charge in [-0.25, -0.2) is 0 Å². The summed E-state index contributed by atoms with van der Waals surface area (Å²) >= 11 is 0. The van der Waals surface area contributed by atoms with E-state index in [0.29, 0.717) is 22.1 Å². The fourth-order valence-corrected chi connectivity index (χ4v) is 1.73. The van der Waals surface area contributed by atoms with Crippen LogP contribution in [0, 0.1) is 6.92 Å². The maximum absolute atomic E-state index is 10.0. The van der Waals surface area contributed by atoms with E-state index < -0.39 is 0 Å². The Balaban J connectivity index is 2.87. The van der Waals surface area contributed by atoms with Crippen LogP contribution in [0.3, 0.4) is 0 Å². The number of hydrogen-bond donors (Lipinski definition) is 2. The molecule has 2 aromatic rings. The summed E-state index contributed by atoms with van der Waals surface area (Å²) in [4.78, 5) is 3.72. The number of nitrogens with two attached hydrogens (primary N) is 1. The van der Waals surface area contributed by atoms with Crippen LogP contribution in [0.1, 0.15) is 5.56 Å². The highest BCUT2D eigenvalue weighted by Crippen LogP contribution is 2.39. The lowest BCUT2D eigenvalue weighted by atomic mass is 10.0.